The Bertz CT molecular complexity index is 323. The average Bonchev–Trinajstić information content (AvgIpc) is 2.47. The monoisotopic (exact) mass is 265 g/mol. The zero-order valence-corrected chi connectivity index (χ0v) is 11.9. The number of aliphatic hydroxyl groups is 1. The van der Waals surface area contributed by atoms with E-state index in [0.29, 0.717) is 5.91 Å². The predicted molar refractivity (Wildman–Crippen MR) is 74.6 cm³/mol. The maximum atomic E-state index is 12.6. The summed E-state index contributed by atoms with van der Waals surface area (Å²) in [5.74, 6) is 2.42. The van der Waals surface area contributed by atoms with Crippen LogP contribution in [0.5, 0.6) is 0 Å². The highest BCUT2D eigenvalue weighted by Gasteiger charge is 2.37. The van der Waals surface area contributed by atoms with Crippen LogP contribution in [0.25, 0.3) is 0 Å². The van der Waals surface area contributed by atoms with Gasteiger partial charge in [-0.1, -0.05) is 25.7 Å². The molecule has 1 heterocycles. The second kappa shape index (κ2) is 5.82. The van der Waals surface area contributed by atoms with Gasteiger partial charge >= 0.3 is 0 Å². The third kappa shape index (κ3) is 2.96. The highest BCUT2D eigenvalue weighted by Crippen LogP contribution is 2.43. The van der Waals surface area contributed by atoms with E-state index in [1.807, 2.05) is 4.90 Å². The van der Waals surface area contributed by atoms with Gasteiger partial charge in [-0.3, -0.25) is 4.79 Å². The summed E-state index contributed by atoms with van der Waals surface area (Å²) in [7, 11) is 0. The second-order valence-corrected chi connectivity index (χ2v) is 6.87. The molecule has 3 heteroatoms. The number of likely N-dealkylation sites (tertiary alicyclic amines) is 1. The zero-order chi connectivity index (χ0) is 13.2. The van der Waals surface area contributed by atoms with Crippen LogP contribution >= 0.6 is 0 Å². The molecule has 0 spiro atoms. The van der Waals surface area contributed by atoms with E-state index in [-0.39, 0.29) is 12.0 Å². The van der Waals surface area contributed by atoms with Crippen LogP contribution in [-0.2, 0) is 4.79 Å². The lowest BCUT2D eigenvalue weighted by molar-refractivity contribution is -0.139. The lowest BCUT2D eigenvalue weighted by Crippen LogP contribution is -2.45. The molecule has 108 valence electrons. The molecule has 0 bridgehead atoms. The molecule has 2 aliphatic carbocycles. The van der Waals surface area contributed by atoms with Crippen LogP contribution in [0, 0.1) is 17.8 Å². The highest BCUT2D eigenvalue weighted by molar-refractivity contribution is 5.79. The van der Waals surface area contributed by atoms with Gasteiger partial charge in [-0.05, 0) is 43.9 Å². The number of piperidine rings is 1. The molecule has 19 heavy (non-hydrogen) atoms. The van der Waals surface area contributed by atoms with E-state index in [1.54, 1.807) is 0 Å². The van der Waals surface area contributed by atoms with Crippen molar-refractivity contribution in [3.05, 3.63) is 0 Å². The van der Waals surface area contributed by atoms with Gasteiger partial charge in [0.15, 0.2) is 0 Å². The largest absolute Gasteiger partial charge is 0.393 e. The number of rotatable bonds is 1. The minimum atomic E-state index is -0.182. The summed E-state index contributed by atoms with van der Waals surface area (Å²) in [6.07, 6.45) is 10.4. The molecule has 0 aromatic carbocycles. The Kier molecular flexibility index (Phi) is 4.11. The fourth-order valence-corrected chi connectivity index (χ4v) is 4.44. The maximum absolute atomic E-state index is 12.6. The fraction of sp³-hybridized carbons (Fsp3) is 0.938. The van der Waals surface area contributed by atoms with Gasteiger partial charge < -0.3 is 10.0 Å². The molecule has 0 aromatic heterocycles. The summed E-state index contributed by atoms with van der Waals surface area (Å²) in [4.78, 5) is 14.6. The third-order valence-corrected chi connectivity index (χ3v) is 5.67. The Balaban J connectivity index is 1.55. The van der Waals surface area contributed by atoms with E-state index in [0.717, 1.165) is 50.6 Å². The first-order valence-corrected chi connectivity index (χ1v) is 8.21. The molecule has 1 saturated heterocycles. The van der Waals surface area contributed by atoms with E-state index in [9.17, 15) is 9.90 Å². The van der Waals surface area contributed by atoms with Crippen molar-refractivity contribution >= 4 is 5.91 Å². The molecular formula is C16H27NO2. The first-order chi connectivity index (χ1) is 9.24. The minimum Gasteiger partial charge on any atom is -0.393 e. The van der Waals surface area contributed by atoms with Crippen molar-refractivity contribution in [2.45, 2.75) is 63.9 Å². The molecule has 1 amide bonds. The van der Waals surface area contributed by atoms with Crippen LogP contribution in [0.2, 0.25) is 0 Å². The standard InChI is InChI=1S/C16H27NO2/c18-15-7-9-17(10-8-15)16(19)14-6-5-12-3-1-2-4-13(12)11-14/h12-15,18H,1-11H2. The second-order valence-electron chi connectivity index (χ2n) is 6.87. The van der Waals surface area contributed by atoms with Crippen molar-refractivity contribution in [3.63, 3.8) is 0 Å². The van der Waals surface area contributed by atoms with Crippen molar-refractivity contribution in [1.29, 1.82) is 0 Å². The number of nitrogens with zero attached hydrogens (tertiary/aromatic N) is 1. The number of aliphatic hydroxyl groups excluding tert-OH is 1. The van der Waals surface area contributed by atoms with E-state index in [1.165, 1.54) is 32.1 Å². The molecule has 0 radical (unpaired) electrons. The van der Waals surface area contributed by atoms with Crippen molar-refractivity contribution in [1.82, 2.24) is 4.90 Å². The quantitative estimate of drug-likeness (QED) is 0.791. The predicted octanol–water partition coefficient (Wildman–Crippen LogP) is 2.58. The smallest absolute Gasteiger partial charge is 0.225 e. The molecule has 3 nitrogen and oxygen atoms in total. The van der Waals surface area contributed by atoms with E-state index < -0.39 is 0 Å². The topological polar surface area (TPSA) is 40.5 Å². The number of carbonyl (C=O) groups excluding carboxylic acids is 1. The Morgan fingerprint density at radius 2 is 1.58 bits per heavy atom. The molecule has 1 aliphatic heterocycles. The Morgan fingerprint density at radius 3 is 2.32 bits per heavy atom. The van der Waals surface area contributed by atoms with Gasteiger partial charge in [0.2, 0.25) is 5.91 Å². The minimum absolute atomic E-state index is 0.182. The van der Waals surface area contributed by atoms with Crippen LogP contribution in [-0.4, -0.2) is 35.1 Å². The van der Waals surface area contributed by atoms with Gasteiger partial charge in [0, 0.05) is 19.0 Å². The highest BCUT2D eigenvalue weighted by atomic mass is 16.3. The molecule has 0 aromatic rings. The number of fused-ring (bicyclic) bond motifs is 1. The van der Waals surface area contributed by atoms with E-state index in [4.69, 9.17) is 0 Å². The number of carbonyl (C=O) groups is 1. The van der Waals surface area contributed by atoms with Gasteiger partial charge in [-0.25, -0.2) is 0 Å². The Labute approximate surface area is 116 Å². The van der Waals surface area contributed by atoms with Gasteiger partial charge in [-0.15, -0.1) is 0 Å². The van der Waals surface area contributed by atoms with Crippen LogP contribution in [0.15, 0.2) is 0 Å². The summed E-state index contributed by atoms with van der Waals surface area (Å²) < 4.78 is 0. The lowest BCUT2D eigenvalue weighted by Gasteiger charge is -2.41. The average molecular weight is 265 g/mol. The SMILES string of the molecule is O=C(C1CCC2CCCCC2C1)N1CCC(O)CC1. The van der Waals surface area contributed by atoms with Crippen molar-refractivity contribution in [3.8, 4) is 0 Å². The van der Waals surface area contributed by atoms with Gasteiger partial charge in [0.05, 0.1) is 6.10 Å². The van der Waals surface area contributed by atoms with Gasteiger partial charge in [-0.2, -0.15) is 0 Å². The molecule has 1 N–H and O–H groups in total. The zero-order valence-electron chi connectivity index (χ0n) is 11.9. The summed E-state index contributed by atoms with van der Waals surface area (Å²) in [6, 6.07) is 0. The van der Waals surface area contributed by atoms with Gasteiger partial charge in [0.1, 0.15) is 0 Å². The molecule has 3 fully saturated rings. The number of hydrogen-bond acceptors (Lipinski definition) is 2. The summed E-state index contributed by atoms with van der Waals surface area (Å²) in [6.45, 7) is 1.54. The summed E-state index contributed by atoms with van der Waals surface area (Å²) in [5, 5.41) is 9.54. The maximum Gasteiger partial charge on any atom is 0.225 e. The number of hydrogen-bond donors (Lipinski definition) is 1. The van der Waals surface area contributed by atoms with Crippen LogP contribution in [0.3, 0.4) is 0 Å². The molecular weight excluding hydrogens is 238 g/mol. The molecule has 2 saturated carbocycles. The van der Waals surface area contributed by atoms with Crippen LogP contribution < -0.4 is 0 Å². The first kappa shape index (κ1) is 13.4. The summed E-state index contributed by atoms with van der Waals surface area (Å²) >= 11 is 0. The van der Waals surface area contributed by atoms with Crippen LogP contribution in [0.4, 0.5) is 0 Å². The van der Waals surface area contributed by atoms with Crippen LogP contribution in [0.1, 0.15) is 57.8 Å². The van der Waals surface area contributed by atoms with Crippen molar-refractivity contribution < 1.29 is 9.90 Å². The van der Waals surface area contributed by atoms with Gasteiger partial charge in [0.25, 0.3) is 0 Å². The van der Waals surface area contributed by atoms with Crippen molar-refractivity contribution in [2.75, 3.05) is 13.1 Å². The summed E-state index contributed by atoms with van der Waals surface area (Å²) in [5.41, 5.74) is 0. The van der Waals surface area contributed by atoms with Crippen molar-refractivity contribution in [2.24, 2.45) is 17.8 Å². The van der Waals surface area contributed by atoms with E-state index in [2.05, 4.69) is 0 Å². The third-order valence-electron chi connectivity index (χ3n) is 5.67. The Hall–Kier alpha value is -0.570. The fourth-order valence-electron chi connectivity index (χ4n) is 4.44. The number of amides is 1. The first-order valence-electron chi connectivity index (χ1n) is 8.21. The lowest BCUT2D eigenvalue weighted by atomic mass is 9.67. The Morgan fingerprint density at radius 1 is 0.895 bits per heavy atom. The molecule has 3 aliphatic rings. The molecule has 3 atom stereocenters. The molecule has 3 unspecified atom stereocenters. The normalized spacial score (nSPS) is 36.9. The van der Waals surface area contributed by atoms with E-state index >= 15 is 0 Å². The molecule has 3 rings (SSSR count).